The van der Waals surface area contributed by atoms with Crippen LogP contribution in [0.25, 0.3) is 11.0 Å². The Morgan fingerprint density at radius 1 is 1.50 bits per heavy atom. The Morgan fingerprint density at radius 2 is 2.33 bits per heavy atom. The number of benzene rings is 1. The van der Waals surface area contributed by atoms with Gasteiger partial charge in [-0.15, -0.1) is 0 Å². The van der Waals surface area contributed by atoms with Gasteiger partial charge in [0.15, 0.2) is 0 Å². The summed E-state index contributed by atoms with van der Waals surface area (Å²) in [6.45, 7) is 1.42. The van der Waals surface area contributed by atoms with Crippen LogP contribution in [0.4, 0.5) is 11.6 Å². The summed E-state index contributed by atoms with van der Waals surface area (Å²) in [7, 11) is 0. The second-order valence-corrected chi connectivity index (χ2v) is 4.67. The molecule has 0 saturated carbocycles. The first-order valence-corrected chi connectivity index (χ1v) is 5.93. The molecule has 1 amide bonds. The highest BCUT2D eigenvalue weighted by atomic mass is 16.1. The van der Waals surface area contributed by atoms with Crippen molar-refractivity contribution < 1.29 is 4.79 Å². The smallest absolute Gasteiger partial charge is 0.222 e. The summed E-state index contributed by atoms with van der Waals surface area (Å²) in [5.74, 6) is 0.459. The molecule has 2 heterocycles. The van der Waals surface area contributed by atoms with E-state index in [0.717, 1.165) is 29.9 Å². The molecule has 1 aliphatic rings. The van der Waals surface area contributed by atoms with E-state index in [1.54, 1.807) is 0 Å². The van der Waals surface area contributed by atoms with E-state index < -0.39 is 0 Å². The summed E-state index contributed by atoms with van der Waals surface area (Å²) >= 11 is 0. The van der Waals surface area contributed by atoms with Gasteiger partial charge >= 0.3 is 0 Å². The summed E-state index contributed by atoms with van der Waals surface area (Å²) in [4.78, 5) is 20.9. The highest BCUT2D eigenvalue weighted by Crippen LogP contribution is 2.24. The predicted molar refractivity (Wildman–Crippen MR) is 70.0 cm³/mol. The van der Waals surface area contributed by atoms with Crippen LogP contribution in [0.15, 0.2) is 18.2 Å². The lowest BCUT2D eigenvalue weighted by molar-refractivity contribution is -0.121. The number of anilines is 2. The lowest BCUT2D eigenvalue weighted by Crippen LogP contribution is -2.27. The minimum atomic E-state index is -0.238. The summed E-state index contributed by atoms with van der Waals surface area (Å²) in [6, 6.07) is 5.56. The molecule has 6 heteroatoms. The number of H-pyrrole nitrogens is 1. The fourth-order valence-corrected chi connectivity index (χ4v) is 2.35. The van der Waals surface area contributed by atoms with E-state index in [-0.39, 0.29) is 11.8 Å². The van der Waals surface area contributed by atoms with E-state index in [9.17, 15) is 4.79 Å². The number of carbonyl (C=O) groups is 1. The van der Waals surface area contributed by atoms with Gasteiger partial charge in [0.25, 0.3) is 0 Å². The van der Waals surface area contributed by atoms with Gasteiger partial charge in [-0.3, -0.25) is 4.79 Å². The van der Waals surface area contributed by atoms with Gasteiger partial charge in [-0.05, 0) is 24.6 Å². The number of fused-ring (bicyclic) bond motifs is 1. The summed E-state index contributed by atoms with van der Waals surface area (Å²) in [5, 5.41) is 0. The number of aromatic amines is 1. The third kappa shape index (κ3) is 1.75. The Hall–Kier alpha value is -2.24. The van der Waals surface area contributed by atoms with Crippen LogP contribution >= 0.6 is 0 Å². The number of nitrogen functional groups attached to an aromatic ring is 1. The van der Waals surface area contributed by atoms with Gasteiger partial charge in [0.05, 0.1) is 17.0 Å². The fraction of sp³-hybridized carbons (Fsp3) is 0.333. The Morgan fingerprint density at radius 3 is 3.06 bits per heavy atom. The van der Waals surface area contributed by atoms with Crippen molar-refractivity contribution in [1.29, 1.82) is 0 Å². The molecular weight excluding hydrogens is 230 g/mol. The highest BCUT2D eigenvalue weighted by Gasteiger charge is 2.28. The molecule has 1 unspecified atom stereocenters. The van der Waals surface area contributed by atoms with E-state index in [4.69, 9.17) is 11.5 Å². The maximum absolute atomic E-state index is 11.1. The van der Waals surface area contributed by atoms with Gasteiger partial charge < -0.3 is 21.4 Å². The number of nitrogens with zero attached hydrogens (tertiary/aromatic N) is 2. The molecule has 6 nitrogen and oxygen atoms in total. The molecule has 18 heavy (non-hydrogen) atoms. The number of hydrogen-bond donors (Lipinski definition) is 3. The molecule has 2 aromatic rings. The van der Waals surface area contributed by atoms with E-state index in [2.05, 4.69) is 9.97 Å². The number of nitrogens with one attached hydrogen (secondary N) is 1. The lowest BCUT2D eigenvalue weighted by Gasteiger charge is -2.13. The van der Waals surface area contributed by atoms with Crippen molar-refractivity contribution in [3.8, 4) is 0 Å². The summed E-state index contributed by atoms with van der Waals surface area (Å²) in [6.07, 6.45) is 0.786. The topological polar surface area (TPSA) is 101 Å². The van der Waals surface area contributed by atoms with Crippen LogP contribution in [0.1, 0.15) is 6.42 Å². The minimum Gasteiger partial charge on any atom is -0.399 e. The number of nitrogens with two attached hydrogens (primary N) is 2. The number of hydrogen-bond acceptors (Lipinski definition) is 4. The number of amides is 1. The zero-order valence-corrected chi connectivity index (χ0v) is 9.89. The Bertz CT molecular complexity index is 606. The average molecular weight is 245 g/mol. The maximum atomic E-state index is 11.1. The van der Waals surface area contributed by atoms with Crippen LogP contribution in [0, 0.1) is 5.92 Å². The molecule has 1 aliphatic heterocycles. The van der Waals surface area contributed by atoms with E-state index >= 15 is 0 Å². The number of primary amides is 1. The molecule has 0 radical (unpaired) electrons. The monoisotopic (exact) mass is 245 g/mol. The van der Waals surface area contributed by atoms with Crippen molar-refractivity contribution in [2.45, 2.75) is 6.42 Å². The van der Waals surface area contributed by atoms with Crippen LogP contribution in [0.5, 0.6) is 0 Å². The van der Waals surface area contributed by atoms with Crippen molar-refractivity contribution in [1.82, 2.24) is 9.97 Å². The van der Waals surface area contributed by atoms with Gasteiger partial charge in [-0.25, -0.2) is 4.98 Å². The number of imidazole rings is 1. The SMILES string of the molecule is NC(=O)C1CCN(c2nc3ccc(N)cc3[nH]2)C1. The van der Waals surface area contributed by atoms with Crippen molar-refractivity contribution in [3.63, 3.8) is 0 Å². The first-order valence-electron chi connectivity index (χ1n) is 5.93. The van der Waals surface area contributed by atoms with E-state index in [1.165, 1.54) is 0 Å². The Balaban J connectivity index is 1.89. The Labute approximate surface area is 104 Å². The second kappa shape index (κ2) is 3.90. The van der Waals surface area contributed by atoms with E-state index in [0.29, 0.717) is 12.2 Å². The second-order valence-electron chi connectivity index (χ2n) is 4.67. The maximum Gasteiger partial charge on any atom is 0.222 e. The lowest BCUT2D eigenvalue weighted by atomic mass is 10.1. The van der Waals surface area contributed by atoms with Crippen molar-refractivity contribution in [2.24, 2.45) is 11.7 Å². The fourth-order valence-electron chi connectivity index (χ4n) is 2.35. The van der Waals surface area contributed by atoms with Crippen molar-refractivity contribution in [2.75, 3.05) is 23.7 Å². The van der Waals surface area contributed by atoms with Crippen molar-refractivity contribution >= 4 is 28.6 Å². The van der Waals surface area contributed by atoms with Crippen molar-refractivity contribution in [3.05, 3.63) is 18.2 Å². The summed E-state index contributed by atoms with van der Waals surface area (Å²) in [5.41, 5.74) is 13.5. The molecule has 1 atom stereocenters. The molecule has 0 bridgehead atoms. The quantitative estimate of drug-likeness (QED) is 0.669. The molecule has 1 aromatic carbocycles. The van der Waals surface area contributed by atoms with Gasteiger partial charge in [-0.1, -0.05) is 0 Å². The number of aromatic nitrogens is 2. The van der Waals surface area contributed by atoms with Crippen LogP contribution in [-0.2, 0) is 4.79 Å². The van der Waals surface area contributed by atoms with Crippen LogP contribution in [0.3, 0.4) is 0 Å². The molecular formula is C12H15N5O. The molecule has 0 aliphatic carbocycles. The van der Waals surface area contributed by atoms with Gasteiger partial charge in [0, 0.05) is 18.8 Å². The normalized spacial score (nSPS) is 19.6. The zero-order valence-electron chi connectivity index (χ0n) is 9.89. The molecule has 94 valence electrons. The minimum absolute atomic E-state index is 0.0803. The third-order valence-electron chi connectivity index (χ3n) is 3.38. The average Bonchev–Trinajstić information content (AvgIpc) is 2.93. The van der Waals surface area contributed by atoms with Crippen LogP contribution < -0.4 is 16.4 Å². The van der Waals surface area contributed by atoms with Gasteiger partial charge in [0.2, 0.25) is 11.9 Å². The first kappa shape index (κ1) is 10.9. The zero-order chi connectivity index (χ0) is 12.7. The third-order valence-corrected chi connectivity index (χ3v) is 3.38. The highest BCUT2D eigenvalue weighted by molar-refractivity contribution is 5.81. The Kier molecular flexibility index (Phi) is 2.36. The summed E-state index contributed by atoms with van der Waals surface area (Å²) < 4.78 is 0. The molecule has 1 aromatic heterocycles. The van der Waals surface area contributed by atoms with Gasteiger partial charge in [-0.2, -0.15) is 0 Å². The van der Waals surface area contributed by atoms with E-state index in [1.807, 2.05) is 23.1 Å². The largest absolute Gasteiger partial charge is 0.399 e. The standard InChI is InChI=1S/C12H15N5O/c13-8-1-2-9-10(5-8)16-12(15-9)17-4-3-7(6-17)11(14)18/h1-2,5,7H,3-4,6,13H2,(H2,14,18)(H,15,16). The molecule has 1 saturated heterocycles. The first-order chi connectivity index (χ1) is 8.63. The molecule has 5 N–H and O–H groups in total. The van der Waals surface area contributed by atoms with Crippen LogP contribution in [-0.4, -0.2) is 29.0 Å². The number of carbonyl (C=O) groups excluding carboxylic acids is 1. The number of rotatable bonds is 2. The molecule has 3 rings (SSSR count). The molecule has 1 fully saturated rings. The predicted octanol–water partition coefficient (Wildman–Crippen LogP) is 0.457. The van der Waals surface area contributed by atoms with Crippen LogP contribution in [0.2, 0.25) is 0 Å². The molecule has 0 spiro atoms. The van der Waals surface area contributed by atoms with Gasteiger partial charge in [0.1, 0.15) is 0 Å².